The molecule has 0 saturated heterocycles. The van der Waals surface area contributed by atoms with Crippen molar-refractivity contribution in [1.29, 1.82) is 0 Å². The number of carbonyl (C=O) groups excluding carboxylic acids is 1. The smallest absolute Gasteiger partial charge is 0.223 e. The molecular weight excluding hydrogens is 258 g/mol. The van der Waals surface area contributed by atoms with Crippen LogP contribution < -0.4 is 10.1 Å². The van der Waals surface area contributed by atoms with E-state index in [0.717, 1.165) is 12.2 Å². The van der Waals surface area contributed by atoms with Gasteiger partial charge in [-0.3, -0.25) is 4.79 Å². The molecule has 1 aromatic rings. The Morgan fingerprint density at radius 2 is 1.90 bits per heavy atom. The van der Waals surface area contributed by atoms with E-state index in [1.807, 2.05) is 24.3 Å². The first-order valence-corrected chi connectivity index (χ1v) is 6.66. The highest BCUT2D eigenvalue weighted by Crippen LogP contribution is 2.47. The first-order valence-electron chi connectivity index (χ1n) is 6.66. The van der Waals surface area contributed by atoms with Gasteiger partial charge in [-0.1, -0.05) is 12.1 Å². The van der Waals surface area contributed by atoms with Crippen LogP contribution in [0, 0.1) is 5.92 Å². The predicted octanol–water partition coefficient (Wildman–Crippen LogP) is 1.53. The second-order valence-electron chi connectivity index (χ2n) is 4.87. The number of ether oxygens (including phenoxy) is 3. The molecule has 5 heteroatoms. The molecule has 1 fully saturated rings. The summed E-state index contributed by atoms with van der Waals surface area (Å²) in [5.41, 5.74) is 1.18. The third-order valence-corrected chi connectivity index (χ3v) is 3.64. The second-order valence-corrected chi connectivity index (χ2v) is 4.87. The molecule has 1 aliphatic carbocycles. The zero-order chi connectivity index (χ0) is 14.5. The third kappa shape index (κ3) is 3.49. The van der Waals surface area contributed by atoms with Gasteiger partial charge < -0.3 is 19.5 Å². The maximum absolute atomic E-state index is 12.0. The van der Waals surface area contributed by atoms with Gasteiger partial charge in [-0.2, -0.15) is 0 Å². The molecule has 1 amide bonds. The summed E-state index contributed by atoms with van der Waals surface area (Å²) < 4.78 is 15.2. The molecule has 0 heterocycles. The zero-order valence-corrected chi connectivity index (χ0v) is 12.1. The molecule has 1 aromatic carbocycles. The van der Waals surface area contributed by atoms with Gasteiger partial charge >= 0.3 is 0 Å². The fourth-order valence-corrected chi connectivity index (χ4v) is 2.28. The summed E-state index contributed by atoms with van der Waals surface area (Å²) in [4.78, 5) is 12.0. The molecule has 5 nitrogen and oxygen atoms in total. The van der Waals surface area contributed by atoms with Gasteiger partial charge in [0.25, 0.3) is 0 Å². The summed E-state index contributed by atoms with van der Waals surface area (Å²) in [6.45, 7) is 0.373. The lowest BCUT2D eigenvalue weighted by Gasteiger charge is -2.14. The summed E-state index contributed by atoms with van der Waals surface area (Å²) in [5.74, 6) is 1.26. The highest BCUT2D eigenvalue weighted by atomic mass is 16.7. The molecule has 20 heavy (non-hydrogen) atoms. The summed E-state index contributed by atoms with van der Waals surface area (Å²) in [6.07, 6.45) is 0.500. The van der Waals surface area contributed by atoms with Crippen LogP contribution in [0.1, 0.15) is 17.9 Å². The second kappa shape index (κ2) is 6.72. The average molecular weight is 279 g/mol. The van der Waals surface area contributed by atoms with E-state index in [1.165, 1.54) is 5.56 Å². The Labute approximate surface area is 119 Å². The molecule has 1 aliphatic rings. The minimum atomic E-state index is -0.392. The van der Waals surface area contributed by atoms with E-state index in [9.17, 15) is 4.79 Å². The maximum atomic E-state index is 12.0. The molecule has 2 rings (SSSR count). The normalized spacial score (nSPS) is 20.8. The Bertz CT molecular complexity index is 442. The van der Waals surface area contributed by atoms with E-state index < -0.39 is 6.29 Å². The van der Waals surface area contributed by atoms with Gasteiger partial charge in [0.15, 0.2) is 6.29 Å². The predicted molar refractivity (Wildman–Crippen MR) is 74.7 cm³/mol. The highest BCUT2D eigenvalue weighted by Gasteiger charge is 2.43. The minimum absolute atomic E-state index is 0.0535. The Morgan fingerprint density at radius 3 is 2.45 bits per heavy atom. The lowest BCUT2D eigenvalue weighted by atomic mass is 10.1. The van der Waals surface area contributed by atoms with Gasteiger partial charge in [0.1, 0.15) is 5.75 Å². The van der Waals surface area contributed by atoms with Gasteiger partial charge in [0, 0.05) is 20.1 Å². The first-order chi connectivity index (χ1) is 9.69. The van der Waals surface area contributed by atoms with Crippen molar-refractivity contribution in [2.45, 2.75) is 18.6 Å². The van der Waals surface area contributed by atoms with Crippen LogP contribution in [-0.4, -0.2) is 40.1 Å². The SMILES string of the molecule is COc1ccc(C2CC2C(=O)NCC(OC)OC)cc1. The molecule has 0 radical (unpaired) electrons. The van der Waals surface area contributed by atoms with Gasteiger partial charge in [-0.05, 0) is 30.0 Å². The number of hydrogen-bond acceptors (Lipinski definition) is 4. The van der Waals surface area contributed by atoms with E-state index in [2.05, 4.69) is 5.32 Å². The molecule has 0 aromatic heterocycles. The van der Waals surface area contributed by atoms with E-state index in [0.29, 0.717) is 12.5 Å². The standard InChI is InChI=1S/C15H21NO4/c1-18-11-6-4-10(5-7-11)12-8-13(12)15(17)16-9-14(19-2)20-3/h4-7,12-14H,8-9H2,1-3H3,(H,16,17). The Hall–Kier alpha value is -1.59. The Morgan fingerprint density at radius 1 is 1.25 bits per heavy atom. The van der Waals surface area contributed by atoms with Crippen molar-refractivity contribution in [2.24, 2.45) is 5.92 Å². The van der Waals surface area contributed by atoms with Crippen molar-refractivity contribution in [1.82, 2.24) is 5.32 Å². The maximum Gasteiger partial charge on any atom is 0.223 e. The lowest BCUT2D eigenvalue weighted by Crippen LogP contribution is -2.35. The van der Waals surface area contributed by atoms with Crippen molar-refractivity contribution in [3.05, 3.63) is 29.8 Å². The molecule has 0 aliphatic heterocycles. The van der Waals surface area contributed by atoms with Crippen molar-refractivity contribution < 1.29 is 19.0 Å². The van der Waals surface area contributed by atoms with Crippen LogP contribution in [0.15, 0.2) is 24.3 Å². The Balaban J connectivity index is 1.82. The molecule has 1 N–H and O–H groups in total. The highest BCUT2D eigenvalue weighted by molar-refractivity contribution is 5.82. The van der Waals surface area contributed by atoms with Crippen LogP contribution in [-0.2, 0) is 14.3 Å². The van der Waals surface area contributed by atoms with Crippen molar-refractivity contribution >= 4 is 5.91 Å². The van der Waals surface area contributed by atoms with Crippen LogP contribution >= 0.6 is 0 Å². The number of nitrogens with one attached hydrogen (secondary N) is 1. The van der Waals surface area contributed by atoms with E-state index in [-0.39, 0.29) is 11.8 Å². The lowest BCUT2D eigenvalue weighted by molar-refractivity contribution is -0.128. The molecule has 110 valence electrons. The average Bonchev–Trinajstić information content (AvgIpc) is 3.29. The summed E-state index contributed by atoms with van der Waals surface area (Å²) in [5, 5.41) is 2.86. The topological polar surface area (TPSA) is 56.8 Å². The van der Waals surface area contributed by atoms with E-state index >= 15 is 0 Å². The molecule has 0 bridgehead atoms. The molecule has 2 unspecified atom stereocenters. The van der Waals surface area contributed by atoms with Gasteiger partial charge in [-0.25, -0.2) is 0 Å². The molecule has 2 atom stereocenters. The molecular formula is C15H21NO4. The van der Waals surface area contributed by atoms with Crippen molar-refractivity contribution in [3.63, 3.8) is 0 Å². The largest absolute Gasteiger partial charge is 0.497 e. The zero-order valence-electron chi connectivity index (χ0n) is 12.1. The number of benzene rings is 1. The monoisotopic (exact) mass is 279 g/mol. The number of amides is 1. The molecule has 1 saturated carbocycles. The van der Waals surface area contributed by atoms with E-state index in [4.69, 9.17) is 14.2 Å². The summed E-state index contributed by atoms with van der Waals surface area (Å²) in [6, 6.07) is 7.89. The van der Waals surface area contributed by atoms with Gasteiger partial charge in [-0.15, -0.1) is 0 Å². The first kappa shape index (κ1) is 14.8. The van der Waals surface area contributed by atoms with Crippen LogP contribution in [0.5, 0.6) is 5.75 Å². The summed E-state index contributed by atoms with van der Waals surface area (Å²) in [7, 11) is 4.75. The Kier molecular flexibility index (Phi) is 4.98. The minimum Gasteiger partial charge on any atom is -0.497 e. The van der Waals surface area contributed by atoms with E-state index in [1.54, 1.807) is 21.3 Å². The number of methoxy groups -OCH3 is 3. The fraction of sp³-hybridized carbons (Fsp3) is 0.533. The van der Waals surface area contributed by atoms with Gasteiger partial charge in [0.05, 0.1) is 13.7 Å². The number of carbonyl (C=O) groups is 1. The number of rotatable bonds is 7. The quantitative estimate of drug-likeness (QED) is 0.769. The summed E-state index contributed by atoms with van der Waals surface area (Å²) >= 11 is 0. The van der Waals surface area contributed by atoms with Gasteiger partial charge in [0.2, 0.25) is 5.91 Å². The third-order valence-electron chi connectivity index (χ3n) is 3.64. The fourth-order valence-electron chi connectivity index (χ4n) is 2.28. The number of hydrogen-bond donors (Lipinski definition) is 1. The molecule has 0 spiro atoms. The van der Waals surface area contributed by atoms with Crippen LogP contribution in [0.2, 0.25) is 0 Å². The van der Waals surface area contributed by atoms with Crippen LogP contribution in [0.4, 0.5) is 0 Å². The van der Waals surface area contributed by atoms with Crippen LogP contribution in [0.3, 0.4) is 0 Å². The van der Waals surface area contributed by atoms with Crippen LogP contribution in [0.25, 0.3) is 0 Å². The van der Waals surface area contributed by atoms with Crippen molar-refractivity contribution in [3.8, 4) is 5.75 Å². The van der Waals surface area contributed by atoms with Crippen molar-refractivity contribution in [2.75, 3.05) is 27.9 Å².